The number of aromatic amines is 1. The number of benzene rings is 1. The van der Waals surface area contributed by atoms with E-state index in [9.17, 15) is 9.59 Å². The number of nitrogens with zero attached hydrogens (tertiary/aromatic N) is 2. The molecule has 0 saturated heterocycles. The van der Waals surface area contributed by atoms with Crippen molar-refractivity contribution in [3.8, 4) is 0 Å². The Bertz CT molecular complexity index is 612. The van der Waals surface area contributed by atoms with Crippen molar-refractivity contribution in [2.45, 2.75) is 0 Å². The summed E-state index contributed by atoms with van der Waals surface area (Å²) in [6.45, 7) is 0. The van der Waals surface area contributed by atoms with Gasteiger partial charge in [-0.3, -0.25) is 4.79 Å². The molecule has 2 N–H and O–H groups in total. The van der Waals surface area contributed by atoms with E-state index in [4.69, 9.17) is 11.6 Å². The molecule has 1 aromatic carbocycles. The Hall–Kier alpha value is -2.41. The molecular weight excluding hydrogens is 272 g/mol. The van der Waals surface area contributed by atoms with Crippen molar-refractivity contribution < 1.29 is 14.3 Å². The SMILES string of the molecule is COC(=O)c1ccc(Cl)cc1NC(=O)c1cn[nH]n1. The number of carbonyl (C=O) groups is 2. The van der Waals surface area contributed by atoms with E-state index in [0.717, 1.165) is 0 Å². The Balaban J connectivity index is 2.31. The topological polar surface area (TPSA) is 97.0 Å². The second-order valence-electron chi connectivity index (χ2n) is 3.49. The van der Waals surface area contributed by atoms with Gasteiger partial charge in [0.15, 0.2) is 5.69 Å². The molecule has 1 heterocycles. The summed E-state index contributed by atoms with van der Waals surface area (Å²) in [5.74, 6) is -1.09. The largest absolute Gasteiger partial charge is 0.465 e. The van der Waals surface area contributed by atoms with E-state index in [1.165, 1.54) is 31.5 Å². The fraction of sp³-hybridized carbons (Fsp3) is 0.0909. The Morgan fingerprint density at radius 2 is 2.21 bits per heavy atom. The number of hydrogen-bond donors (Lipinski definition) is 2. The van der Waals surface area contributed by atoms with Crippen LogP contribution in [0.1, 0.15) is 20.8 Å². The van der Waals surface area contributed by atoms with Crippen molar-refractivity contribution in [2.75, 3.05) is 12.4 Å². The minimum atomic E-state index is -0.577. The highest BCUT2D eigenvalue weighted by atomic mass is 35.5. The Morgan fingerprint density at radius 1 is 1.42 bits per heavy atom. The summed E-state index contributed by atoms with van der Waals surface area (Å²) in [4.78, 5) is 23.4. The van der Waals surface area contributed by atoms with Crippen LogP contribution in [0.3, 0.4) is 0 Å². The van der Waals surface area contributed by atoms with Crippen LogP contribution in [0.25, 0.3) is 0 Å². The number of hydrogen-bond acceptors (Lipinski definition) is 5. The maximum Gasteiger partial charge on any atom is 0.339 e. The molecule has 0 fully saturated rings. The van der Waals surface area contributed by atoms with Crippen LogP contribution in [0.15, 0.2) is 24.4 Å². The van der Waals surface area contributed by atoms with E-state index >= 15 is 0 Å². The van der Waals surface area contributed by atoms with Crippen LogP contribution in [0, 0.1) is 0 Å². The number of esters is 1. The fourth-order valence-electron chi connectivity index (χ4n) is 1.41. The Morgan fingerprint density at radius 3 is 2.84 bits per heavy atom. The molecule has 0 unspecified atom stereocenters. The molecule has 0 bridgehead atoms. The molecule has 0 spiro atoms. The number of aromatic nitrogens is 3. The van der Waals surface area contributed by atoms with Crippen molar-refractivity contribution in [3.05, 3.63) is 40.7 Å². The summed E-state index contributed by atoms with van der Waals surface area (Å²) >= 11 is 5.84. The molecule has 7 nitrogen and oxygen atoms in total. The van der Waals surface area contributed by atoms with E-state index in [0.29, 0.717) is 5.02 Å². The maximum absolute atomic E-state index is 11.8. The van der Waals surface area contributed by atoms with Gasteiger partial charge < -0.3 is 10.1 Å². The third-order valence-electron chi connectivity index (χ3n) is 2.28. The van der Waals surface area contributed by atoms with Gasteiger partial charge in [-0.1, -0.05) is 11.6 Å². The summed E-state index contributed by atoms with van der Waals surface area (Å²) in [6, 6.07) is 4.44. The minimum absolute atomic E-state index is 0.0933. The second-order valence-corrected chi connectivity index (χ2v) is 3.93. The number of nitrogens with one attached hydrogen (secondary N) is 2. The highest BCUT2D eigenvalue weighted by molar-refractivity contribution is 6.31. The van der Waals surface area contributed by atoms with Gasteiger partial charge in [0.2, 0.25) is 0 Å². The molecule has 8 heteroatoms. The van der Waals surface area contributed by atoms with Crippen LogP contribution in [0.5, 0.6) is 0 Å². The van der Waals surface area contributed by atoms with Crippen LogP contribution < -0.4 is 5.32 Å². The molecule has 2 aromatic rings. The first kappa shape index (κ1) is 13.0. The van der Waals surface area contributed by atoms with Gasteiger partial charge in [-0.05, 0) is 18.2 Å². The molecule has 2 rings (SSSR count). The number of rotatable bonds is 3. The lowest BCUT2D eigenvalue weighted by molar-refractivity contribution is 0.0602. The summed E-state index contributed by atoms with van der Waals surface area (Å²) in [5.41, 5.74) is 0.534. The lowest BCUT2D eigenvalue weighted by Gasteiger charge is -2.09. The van der Waals surface area contributed by atoms with E-state index in [-0.39, 0.29) is 16.9 Å². The molecule has 19 heavy (non-hydrogen) atoms. The lowest BCUT2D eigenvalue weighted by atomic mass is 10.1. The quantitative estimate of drug-likeness (QED) is 0.830. The van der Waals surface area contributed by atoms with Gasteiger partial charge in [0.05, 0.1) is 24.6 Å². The van der Waals surface area contributed by atoms with Crippen molar-refractivity contribution in [3.63, 3.8) is 0 Å². The summed E-state index contributed by atoms with van der Waals surface area (Å²) < 4.78 is 4.62. The van der Waals surface area contributed by atoms with Crippen molar-refractivity contribution in [2.24, 2.45) is 0 Å². The standard InChI is InChI=1S/C11H9ClN4O3/c1-19-11(18)7-3-2-6(12)4-8(7)14-10(17)9-5-13-16-15-9/h2-5H,1H3,(H,14,17)(H,13,15,16). The van der Waals surface area contributed by atoms with Crippen LogP contribution in [-0.2, 0) is 4.74 Å². The van der Waals surface area contributed by atoms with E-state index in [2.05, 4.69) is 25.5 Å². The summed E-state index contributed by atoms with van der Waals surface area (Å²) in [6.07, 6.45) is 1.26. The zero-order valence-electron chi connectivity index (χ0n) is 9.81. The minimum Gasteiger partial charge on any atom is -0.465 e. The molecule has 0 saturated carbocycles. The molecule has 0 aliphatic carbocycles. The molecule has 0 aliphatic rings. The number of halogens is 1. The number of anilines is 1. The monoisotopic (exact) mass is 280 g/mol. The number of H-pyrrole nitrogens is 1. The van der Waals surface area contributed by atoms with Gasteiger partial charge in [0.25, 0.3) is 5.91 Å². The highest BCUT2D eigenvalue weighted by Crippen LogP contribution is 2.22. The average molecular weight is 281 g/mol. The Kier molecular flexibility index (Phi) is 3.76. The van der Waals surface area contributed by atoms with Gasteiger partial charge >= 0.3 is 5.97 Å². The molecule has 0 aliphatic heterocycles. The van der Waals surface area contributed by atoms with Gasteiger partial charge in [0.1, 0.15) is 0 Å². The zero-order valence-corrected chi connectivity index (χ0v) is 10.6. The highest BCUT2D eigenvalue weighted by Gasteiger charge is 2.16. The van der Waals surface area contributed by atoms with Gasteiger partial charge in [-0.25, -0.2) is 4.79 Å². The molecule has 98 valence electrons. The van der Waals surface area contributed by atoms with Gasteiger partial charge in [-0.2, -0.15) is 15.4 Å². The predicted molar refractivity (Wildman–Crippen MR) is 67.1 cm³/mol. The lowest BCUT2D eigenvalue weighted by Crippen LogP contribution is -2.15. The number of carbonyl (C=O) groups excluding carboxylic acids is 2. The van der Waals surface area contributed by atoms with Gasteiger partial charge in [0, 0.05) is 5.02 Å². The molecule has 0 atom stereocenters. The van der Waals surface area contributed by atoms with Crippen molar-refractivity contribution >= 4 is 29.2 Å². The molecule has 1 aromatic heterocycles. The molecular formula is C11H9ClN4O3. The van der Waals surface area contributed by atoms with Crippen LogP contribution in [0.2, 0.25) is 5.02 Å². The van der Waals surface area contributed by atoms with E-state index < -0.39 is 11.9 Å². The summed E-state index contributed by atoms with van der Waals surface area (Å²) in [7, 11) is 1.25. The van der Waals surface area contributed by atoms with E-state index in [1.807, 2.05) is 0 Å². The van der Waals surface area contributed by atoms with Crippen molar-refractivity contribution in [1.82, 2.24) is 15.4 Å². The molecule has 1 amide bonds. The van der Waals surface area contributed by atoms with E-state index in [1.54, 1.807) is 0 Å². The number of amides is 1. The number of ether oxygens (including phenoxy) is 1. The predicted octanol–water partition coefficient (Wildman–Crippen LogP) is 1.50. The zero-order chi connectivity index (χ0) is 13.8. The maximum atomic E-state index is 11.8. The van der Waals surface area contributed by atoms with Crippen LogP contribution in [-0.4, -0.2) is 34.4 Å². The third kappa shape index (κ3) is 2.89. The smallest absolute Gasteiger partial charge is 0.339 e. The van der Waals surface area contributed by atoms with Crippen LogP contribution >= 0.6 is 11.6 Å². The first-order chi connectivity index (χ1) is 9.11. The van der Waals surface area contributed by atoms with Gasteiger partial charge in [-0.15, -0.1) is 0 Å². The van der Waals surface area contributed by atoms with Crippen LogP contribution in [0.4, 0.5) is 5.69 Å². The first-order valence-electron chi connectivity index (χ1n) is 5.17. The first-order valence-corrected chi connectivity index (χ1v) is 5.54. The second kappa shape index (κ2) is 5.49. The third-order valence-corrected chi connectivity index (χ3v) is 2.52. The molecule has 0 radical (unpaired) electrons. The van der Waals surface area contributed by atoms with Crippen molar-refractivity contribution in [1.29, 1.82) is 0 Å². The number of methoxy groups -OCH3 is 1. The normalized spacial score (nSPS) is 10.0. The average Bonchev–Trinajstić information content (AvgIpc) is 2.92. The summed E-state index contributed by atoms with van der Waals surface area (Å²) in [5, 5.41) is 12.4. The Labute approximate surface area is 112 Å². The fourth-order valence-corrected chi connectivity index (χ4v) is 1.58.